The highest BCUT2D eigenvalue weighted by molar-refractivity contribution is 5.96. The van der Waals surface area contributed by atoms with Crippen LogP contribution in [0.25, 0.3) is 0 Å². The van der Waals surface area contributed by atoms with E-state index in [9.17, 15) is 9.59 Å². The van der Waals surface area contributed by atoms with Crippen LogP contribution in [0.2, 0.25) is 0 Å². The number of carbonyl (C=O) groups is 2. The fourth-order valence-electron chi connectivity index (χ4n) is 1.99. The number of ether oxygens (including phenoxy) is 2. The quantitative estimate of drug-likeness (QED) is 0.578. The molecule has 0 N–H and O–H groups in total. The predicted molar refractivity (Wildman–Crippen MR) is 60.1 cm³/mol. The molecule has 2 unspecified atom stereocenters. The van der Waals surface area contributed by atoms with Crippen LogP contribution in [0.3, 0.4) is 0 Å². The van der Waals surface area contributed by atoms with E-state index in [0.29, 0.717) is 6.42 Å². The van der Waals surface area contributed by atoms with E-state index in [2.05, 4.69) is 4.74 Å². The number of cyclic esters (lactones) is 1. The van der Waals surface area contributed by atoms with Crippen LogP contribution in [0.15, 0.2) is 24.3 Å². The lowest BCUT2D eigenvalue weighted by Gasteiger charge is -2.09. The fourth-order valence-corrected chi connectivity index (χ4v) is 1.99. The van der Waals surface area contributed by atoms with Gasteiger partial charge in [0.15, 0.2) is 5.92 Å². The molecule has 2 rings (SSSR count). The monoisotopic (exact) mass is 234 g/mol. The highest BCUT2D eigenvalue weighted by Crippen LogP contribution is 2.34. The molecular weight excluding hydrogens is 220 g/mol. The fraction of sp³-hybridized carbons (Fsp3) is 0.385. The third kappa shape index (κ3) is 2.30. The first-order valence-electron chi connectivity index (χ1n) is 5.46. The topological polar surface area (TPSA) is 52.6 Å². The number of hydrogen-bond acceptors (Lipinski definition) is 4. The van der Waals surface area contributed by atoms with Crippen molar-refractivity contribution in [3.63, 3.8) is 0 Å². The maximum Gasteiger partial charge on any atom is 0.321 e. The van der Waals surface area contributed by atoms with Gasteiger partial charge >= 0.3 is 11.9 Å². The number of hydrogen-bond donors (Lipinski definition) is 0. The van der Waals surface area contributed by atoms with Crippen molar-refractivity contribution in [1.82, 2.24) is 0 Å². The zero-order chi connectivity index (χ0) is 12.4. The molecule has 1 aliphatic rings. The van der Waals surface area contributed by atoms with Crippen LogP contribution in [-0.4, -0.2) is 19.0 Å². The molecule has 2 atom stereocenters. The largest absolute Gasteiger partial charge is 0.468 e. The highest BCUT2D eigenvalue weighted by atomic mass is 16.6. The molecule has 90 valence electrons. The summed E-state index contributed by atoms with van der Waals surface area (Å²) in [5.74, 6) is -1.81. The Hall–Kier alpha value is -1.84. The molecule has 0 saturated carbocycles. The van der Waals surface area contributed by atoms with Crippen LogP contribution >= 0.6 is 0 Å². The van der Waals surface area contributed by atoms with Gasteiger partial charge in [0.1, 0.15) is 6.10 Å². The first-order chi connectivity index (χ1) is 8.11. The van der Waals surface area contributed by atoms with E-state index >= 15 is 0 Å². The van der Waals surface area contributed by atoms with E-state index in [-0.39, 0.29) is 6.10 Å². The van der Waals surface area contributed by atoms with Gasteiger partial charge in [-0.1, -0.05) is 29.8 Å². The van der Waals surface area contributed by atoms with Crippen molar-refractivity contribution in [2.75, 3.05) is 7.11 Å². The molecule has 0 spiro atoms. The van der Waals surface area contributed by atoms with Crippen molar-refractivity contribution in [2.24, 2.45) is 5.92 Å². The Morgan fingerprint density at radius 2 is 2.24 bits per heavy atom. The van der Waals surface area contributed by atoms with E-state index in [0.717, 1.165) is 11.1 Å². The van der Waals surface area contributed by atoms with Crippen molar-refractivity contribution in [3.8, 4) is 0 Å². The lowest BCUT2D eigenvalue weighted by atomic mass is 9.99. The second-order valence-electron chi connectivity index (χ2n) is 4.15. The van der Waals surface area contributed by atoms with Gasteiger partial charge in [-0.15, -0.1) is 0 Å². The molecule has 17 heavy (non-hydrogen) atoms. The third-order valence-corrected chi connectivity index (χ3v) is 2.89. The SMILES string of the molecule is COC(=O)C1CC(c2cccc(C)c2)OC1=O. The minimum absolute atomic E-state index is 0.341. The van der Waals surface area contributed by atoms with Crippen molar-refractivity contribution in [1.29, 1.82) is 0 Å². The Morgan fingerprint density at radius 3 is 2.88 bits per heavy atom. The van der Waals surface area contributed by atoms with Gasteiger partial charge in [-0.05, 0) is 12.5 Å². The molecule has 1 saturated heterocycles. The smallest absolute Gasteiger partial charge is 0.321 e. The Balaban J connectivity index is 2.16. The van der Waals surface area contributed by atoms with Gasteiger partial charge in [0.25, 0.3) is 0 Å². The number of rotatable bonds is 2. The highest BCUT2D eigenvalue weighted by Gasteiger charge is 2.40. The lowest BCUT2D eigenvalue weighted by molar-refractivity contribution is -0.154. The number of methoxy groups -OCH3 is 1. The molecule has 4 heteroatoms. The van der Waals surface area contributed by atoms with Crippen LogP contribution < -0.4 is 0 Å². The minimum Gasteiger partial charge on any atom is -0.468 e. The molecule has 1 aliphatic heterocycles. The van der Waals surface area contributed by atoms with Crippen molar-refractivity contribution >= 4 is 11.9 Å². The van der Waals surface area contributed by atoms with Gasteiger partial charge in [0.05, 0.1) is 7.11 Å². The molecule has 1 fully saturated rings. The molecule has 0 aromatic heterocycles. The van der Waals surface area contributed by atoms with Crippen molar-refractivity contribution in [2.45, 2.75) is 19.4 Å². The normalized spacial score (nSPS) is 23.3. The first kappa shape index (κ1) is 11.6. The molecule has 1 aromatic rings. The average molecular weight is 234 g/mol. The van der Waals surface area contributed by atoms with Gasteiger partial charge < -0.3 is 9.47 Å². The second-order valence-corrected chi connectivity index (χ2v) is 4.15. The van der Waals surface area contributed by atoms with E-state index in [1.807, 2.05) is 31.2 Å². The van der Waals surface area contributed by atoms with E-state index in [1.54, 1.807) is 0 Å². The predicted octanol–water partition coefficient (Wildman–Crippen LogP) is 1.77. The van der Waals surface area contributed by atoms with E-state index in [4.69, 9.17) is 4.74 Å². The summed E-state index contributed by atoms with van der Waals surface area (Å²) in [5.41, 5.74) is 2.02. The molecule has 0 radical (unpaired) electrons. The zero-order valence-electron chi connectivity index (χ0n) is 9.80. The zero-order valence-corrected chi connectivity index (χ0v) is 9.80. The summed E-state index contributed by atoms with van der Waals surface area (Å²) >= 11 is 0. The number of carbonyl (C=O) groups excluding carboxylic acids is 2. The number of esters is 2. The van der Waals surface area contributed by atoms with Gasteiger partial charge in [-0.3, -0.25) is 9.59 Å². The van der Waals surface area contributed by atoms with Gasteiger partial charge in [0.2, 0.25) is 0 Å². The molecular formula is C13H14O4. The number of aryl methyl sites for hydroxylation is 1. The van der Waals surface area contributed by atoms with Crippen molar-refractivity contribution < 1.29 is 19.1 Å². The van der Waals surface area contributed by atoms with E-state index in [1.165, 1.54) is 7.11 Å². The standard InChI is InChI=1S/C13H14O4/c1-8-4-3-5-9(6-8)11-7-10(12(14)16-2)13(15)17-11/h3-6,10-11H,7H2,1-2H3. The molecule has 1 aromatic carbocycles. The third-order valence-electron chi connectivity index (χ3n) is 2.89. The summed E-state index contributed by atoms with van der Waals surface area (Å²) in [5, 5.41) is 0. The Labute approximate surface area is 99.5 Å². The van der Waals surface area contributed by atoms with Crippen LogP contribution in [-0.2, 0) is 19.1 Å². The Kier molecular flexibility index (Phi) is 3.13. The lowest BCUT2D eigenvalue weighted by Crippen LogP contribution is -2.20. The first-order valence-corrected chi connectivity index (χ1v) is 5.46. The summed E-state index contributed by atoms with van der Waals surface area (Å²) in [6.07, 6.45) is 0.0149. The molecule has 0 aliphatic carbocycles. The minimum atomic E-state index is -0.787. The molecule has 4 nitrogen and oxygen atoms in total. The molecule has 0 amide bonds. The van der Waals surface area contributed by atoms with Crippen LogP contribution in [0.5, 0.6) is 0 Å². The maximum atomic E-state index is 11.5. The van der Waals surface area contributed by atoms with Crippen LogP contribution in [0.1, 0.15) is 23.7 Å². The summed E-state index contributed by atoms with van der Waals surface area (Å²) < 4.78 is 9.77. The summed E-state index contributed by atoms with van der Waals surface area (Å²) in [6.45, 7) is 1.97. The van der Waals surface area contributed by atoms with E-state index < -0.39 is 17.9 Å². The Bertz CT molecular complexity index is 452. The summed E-state index contributed by atoms with van der Waals surface area (Å²) in [4.78, 5) is 22.9. The average Bonchev–Trinajstić information content (AvgIpc) is 2.70. The van der Waals surface area contributed by atoms with Crippen molar-refractivity contribution in [3.05, 3.63) is 35.4 Å². The molecule has 1 heterocycles. The van der Waals surface area contributed by atoms with Gasteiger partial charge in [-0.2, -0.15) is 0 Å². The summed E-state index contributed by atoms with van der Waals surface area (Å²) in [7, 11) is 1.27. The molecule has 0 bridgehead atoms. The van der Waals surface area contributed by atoms with Crippen LogP contribution in [0, 0.1) is 12.8 Å². The van der Waals surface area contributed by atoms with Crippen LogP contribution in [0.4, 0.5) is 0 Å². The number of benzene rings is 1. The van der Waals surface area contributed by atoms with Gasteiger partial charge in [0, 0.05) is 6.42 Å². The second kappa shape index (κ2) is 4.57. The summed E-state index contributed by atoms with van der Waals surface area (Å²) in [6, 6.07) is 7.73. The Morgan fingerprint density at radius 1 is 1.47 bits per heavy atom. The maximum absolute atomic E-state index is 11.5. The van der Waals surface area contributed by atoms with Gasteiger partial charge in [-0.25, -0.2) is 0 Å².